The summed E-state index contributed by atoms with van der Waals surface area (Å²) in [5, 5.41) is 9.55. The summed E-state index contributed by atoms with van der Waals surface area (Å²) in [6.45, 7) is 1.88. The van der Waals surface area contributed by atoms with Crippen LogP contribution in [0.5, 0.6) is 0 Å². The molecule has 5 aromatic rings. The summed E-state index contributed by atoms with van der Waals surface area (Å²) in [4.78, 5) is 18.1. The minimum atomic E-state index is -0.317. The third-order valence-corrected chi connectivity index (χ3v) is 5.31. The maximum atomic E-state index is 13.2. The average Bonchev–Trinajstić information content (AvgIpc) is 3.21. The van der Waals surface area contributed by atoms with Crippen LogP contribution in [0.4, 0.5) is 0 Å². The van der Waals surface area contributed by atoms with Crippen molar-refractivity contribution in [2.75, 3.05) is 0 Å². The Labute approximate surface area is 191 Å². The van der Waals surface area contributed by atoms with Crippen LogP contribution in [-0.4, -0.2) is 26.9 Å². The summed E-state index contributed by atoms with van der Waals surface area (Å²) in [5.74, 6) is -0.317. The van der Waals surface area contributed by atoms with Crippen molar-refractivity contribution in [1.82, 2.24) is 20.2 Å². The second kappa shape index (κ2) is 8.88. The van der Waals surface area contributed by atoms with Gasteiger partial charge in [0.05, 0.1) is 34.2 Å². The van der Waals surface area contributed by atoms with Gasteiger partial charge in [0.15, 0.2) is 5.65 Å². The van der Waals surface area contributed by atoms with E-state index in [1.807, 2.05) is 97.9 Å². The van der Waals surface area contributed by atoms with Gasteiger partial charge in [-0.1, -0.05) is 78.9 Å². The molecule has 5 rings (SSSR count). The van der Waals surface area contributed by atoms with Crippen LogP contribution in [0.2, 0.25) is 0 Å². The number of para-hydroxylation sites is 1. The number of nitrogens with one attached hydrogen (secondary N) is 1. The molecule has 33 heavy (non-hydrogen) atoms. The number of fused-ring (bicyclic) bond motifs is 1. The van der Waals surface area contributed by atoms with Crippen molar-refractivity contribution in [3.05, 3.63) is 114 Å². The summed E-state index contributed by atoms with van der Waals surface area (Å²) >= 11 is 0. The molecule has 160 valence electrons. The van der Waals surface area contributed by atoms with Gasteiger partial charge in [0.2, 0.25) is 0 Å². The lowest BCUT2D eigenvalue weighted by Crippen LogP contribution is -2.18. The molecule has 0 atom stereocenters. The van der Waals surface area contributed by atoms with E-state index in [0.717, 1.165) is 22.5 Å². The molecule has 1 amide bonds. The third-order valence-electron chi connectivity index (χ3n) is 5.31. The molecule has 0 unspecified atom stereocenters. The Balaban J connectivity index is 1.63. The Kier molecular flexibility index (Phi) is 5.47. The number of benzene rings is 3. The van der Waals surface area contributed by atoms with Crippen LogP contribution >= 0.6 is 0 Å². The number of hydrazone groups is 1. The van der Waals surface area contributed by atoms with Gasteiger partial charge in [0.25, 0.3) is 5.91 Å². The number of rotatable bonds is 5. The fourth-order valence-corrected chi connectivity index (χ4v) is 3.74. The first-order valence-corrected chi connectivity index (χ1v) is 10.6. The number of nitrogens with zero attached hydrogens (tertiary/aromatic N) is 4. The smallest absolute Gasteiger partial charge is 0.267 e. The van der Waals surface area contributed by atoms with Gasteiger partial charge in [-0.15, -0.1) is 0 Å². The fourth-order valence-electron chi connectivity index (χ4n) is 3.74. The monoisotopic (exact) mass is 431 g/mol. The van der Waals surface area contributed by atoms with E-state index >= 15 is 0 Å². The number of aromatic nitrogens is 3. The second-order valence-electron chi connectivity index (χ2n) is 7.56. The van der Waals surface area contributed by atoms with E-state index < -0.39 is 0 Å². The molecule has 0 fully saturated rings. The van der Waals surface area contributed by atoms with Crippen LogP contribution in [0.1, 0.15) is 21.6 Å². The Bertz CT molecular complexity index is 1440. The average molecular weight is 431 g/mol. The predicted molar refractivity (Wildman–Crippen MR) is 131 cm³/mol. The highest BCUT2D eigenvalue weighted by Gasteiger charge is 2.20. The molecular weight excluding hydrogens is 410 g/mol. The lowest BCUT2D eigenvalue weighted by molar-refractivity contribution is 0.0956. The summed E-state index contributed by atoms with van der Waals surface area (Å²) in [6, 6.07) is 31.0. The maximum absolute atomic E-state index is 13.2. The first-order chi connectivity index (χ1) is 16.2. The first kappa shape index (κ1) is 20.3. The van der Waals surface area contributed by atoms with Crippen LogP contribution in [0.25, 0.3) is 28.0 Å². The standard InChI is InChI=1S/C27H21N5O/c1-19-25-23(27(33)30-28-18-20-11-5-2-6-12-20)17-24(21-13-7-3-8-14-21)29-26(25)32(31-19)22-15-9-4-10-16-22/h2-18H,1H3,(H,30,33). The van der Waals surface area contributed by atoms with Crippen molar-refractivity contribution >= 4 is 23.2 Å². The van der Waals surface area contributed by atoms with E-state index in [2.05, 4.69) is 10.5 Å². The molecule has 0 radical (unpaired) electrons. The molecule has 0 spiro atoms. The number of aryl methyl sites for hydroxylation is 1. The van der Waals surface area contributed by atoms with E-state index in [9.17, 15) is 4.79 Å². The number of hydrogen-bond acceptors (Lipinski definition) is 4. The zero-order valence-electron chi connectivity index (χ0n) is 18.0. The highest BCUT2D eigenvalue weighted by atomic mass is 16.2. The zero-order valence-corrected chi connectivity index (χ0v) is 18.0. The van der Waals surface area contributed by atoms with Crippen molar-refractivity contribution in [3.63, 3.8) is 0 Å². The van der Waals surface area contributed by atoms with Gasteiger partial charge in [-0.05, 0) is 30.7 Å². The highest BCUT2D eigenvalue weighted by Crippen LogP contribution is 2.28. The molecule has 2 aromatic heterocycles. The molecule has 0 saturated carbocycles. The minimum absolute atomic E-state index is 0.317. The van der Waals surface area contributed by atoms with Gasteiger partial charge in [-0.2, -0.15) is 10.2 Å². The summed E-state index contributed by atoms with van der Waals surface area (Å²) < 4.78 is 1.78. The fraction of sp³-hybridized carbons (Fsp3) is 0.0370. The number of amides is 1. The van der Waals surface area contributed by atoms with Crippen LogP contribution in [0.15, 0.2) is 102 Å². The Hall–Kier alpha value is -4.58. The largest absolute Gasteiger partial charge is 0.272 e. The molecular formula is C27H21N5O. The van der Waals surface area contributed by atoms with Gasteiger partial charge in [-0.3, -0.25) is 4.79 Å². The number of hydrogen-bond donors (Lipinski definition) is 1. The molecule has 1 N–H and O–H groups in total. The van der Waals surface area contributed by atoms with Gasteiger partial charge in [-0.25, -0.2) is 15.1 Å². The Morgan fingerprint density at radius 2 is 1.55 bits per heavy atom. The summed E-state index contributed by atoms with van der Waals surface area (Å²) in [7, 11) is 0. The molecule has 0 bridgehead atoms. The van der Waals surface area contributed by atoms with Gasteiger partial charge in [0.1, 0.15) is 0 Å². The molecule has 0 aliphatic carbocycles. The van der Waals surface area contributed by atoms with E-state index in [4.69, 9.17) is 10.1 Å². The van der Waals surface area contributed by atoms with Crippen molar-refractivity contribution in [2.45, 2.75) is 6.92 Å². The Morgan fingerprint density at radius 3 is 2.24 bits per heavy atom. The SMILES string of the molecule is Cc1nn(-c2ccccc2)c2nc(-c3ccccc3)cc(C(=O)NN=Cc3ccccc3)c12. The van der Waals surface area contributed by atoms with E-state index in [1.54, 1.807) is 17.0 Å². The predicted octanol–water partition coefficient (Wildman–Crippen LogP) is 5.16. The molecule has 3 aromatic carbocycles. The minimum Gasteiger partial charge on any atom is -0.267 e. The van der Waals surface area contributed by atoms with Gasteiger partial charge in [0, 0.05) is 5.56 Å². The maximum Gasteiger partial charge on any atom is 0.272 e. The number of carbonyl (C=O) groups excluding carboxylic acids is 1. The van der Waals surface area contributed by atoms with E-state index in [1.165, 1.54) is 0 Å². The molecule has 6 nitrogen and oxygen atoms in total. The van der Waals surface area contributed by atoms with Crippen molar-refractivity contribution < 1.29 is 4.79 Å². The lowest BCUT2D eigenvalue weighted by Gasteiger charge is -2.08. The number of carbonyl (C=O) groups is 1. The third kappa shape index (κ3) is 4.14. The van der Waals surface area contributed by atoms with Crippen molar-refractivity contribution in [1.29, 1.82) is 0 Å². The molecule has 2 heterocycles. The normalized spacial score (nSPS) is 11.2. The summed E-state index contributed by atoms with van der Waals surface area (Å²) in [6.07, 6.45) is 1.62. The van der Waals surface area contributed by atoms with Crippen LogP contribution in [-0.2, 0) is 0 Å². The van der Waals surface area contributed by atoms with Crippen LogP contribution in [0.3, 0.4) is 0 Å². The number of pyridine rings is 1. The topological polar surface area (TPSA) is 72.2 Å². The molecule has 0 aliphatic heterocycles. The second-order valence-corrected chi connectivity index (χ2v) is 7.56. The summed E-state index contributed by atoms with van der Waals surface area (Å²) in [5.41, 5.74) is 7.86. The van der Waals surface area contributed by atoms with Crippen molar-refractivity contribution in [2.24, 2.45) is 5.10 Å². The lowest BCUT2D eigenvalue weighted by atomic mass is 10.1. The van der Waals surface area contributed by atoms with Crippen LogP contribution in [0, 0.1) is 6.92 Å². The highest BCUT2D eigenvalue weighted by molar-refractivity contribution is 6.08. The van der Waals surface area contributed by atoms with Crippen molar-refractivity contribution in [3.8, 4) is 16.9 Å². The van der Waals surface area contributed by atoms with Gasteiger partial charge < -0.3 is 0 Å². The molecule has 0 aliphatic rings. The van der Waals surface area contributed by atoms with Gasteiger partial charge >= 0.3 is 0 Å². The Morgan fingerprint density at radius 1 is 0.909 bits per heavy atom. The zero-order chi connectivity index (χ0) is 22.6. The molecule has 0 saturated heterocycles. The van der Waals surface area contributed by atoms with E-state index in [0.29, 0.717) is 22.3 Å². The quantitative estimate of drug-likeness (QED) is 0.309. The van der Waals surface area contributed by atoms with E-state index in [-0.39, 0.29) is 5.91 Å². The van der Waals surface area contributed by atoms with Crippen LogP contribution < -0.4 is 5.43 Å². The first-order valence-electron chi connectivity index (χ1n) is 10.6. The molecule has 6 heteroatoms.